The molecule has 92 valence electrons. The number of hydrogen-bond acceptors (Lipinski definition) is 3. The molecule has 2 fully saturated rings. The highest BCUT2D eigenvalue weighted by Gasteiger charge is 2.42. The van der Waals surface area contributed by atoms with Crippen LogP contribution in [0.5, 0.6) is 0 Å². The molecule has 0 aromatic carbocycles. The molecular weight excluding hydrogens is 227 g/mol. The van der Waals surface area contributed by atoms with Crippen LogP contribution in [0.25, 0.3) is 0 Å². The second kappa shape index (κ2) is 4.12. The van der Waals surface area contributed by atoms with Gasteiger partial charge in [0.15, 0.2) is 6.61 Å². The topological polar surface area (TPSA) is 47.6 Å². The molecule has 1 amide bonds. The quantitative estimate of drug-likeness (QED) is 0.796. The lowest BCUT2D eigenvalue weighted by atomic mass is 9.96. The number of hydrogen-bond donors (Lipinski definition) is 1. The predicted molar refractivity (Wildman–Crippen MR) is 46.8 cm³/mol. The summed E-state index contributed by atoms with van der Waals surface area (Å²) < 4.78 is 44.7. The van der Waals surface area contributed by atoms with E-state index in [4.69, 9.17) is 4.74 Å². The fraction of sp³-hybridized carbons (Fsp3) is 0.889. The fourth-order valence-corrected chi connectivity index (χ4v) is 2.13. The normalized spacial score (nSPS) is 32.8. The first-order valence-corrected chi connectivity index (χ1v) is 5.09. The number of carbonyl (C=O) groups is 1. The van der Waals surface area contributed by atoms with Crippen LogP contribution in [0.4, 0.5) is 18.0 Å². The van der Waals surface area contributed by atoms with Gasteiger partial charge >= 0.3 is 12.3 Å². The maximum atomic E-state index is 11.7. The SMILES string of the molecule is O=C(NC1CC2CCC1O2)OCC(F)(F)F. The maximum absolute atomic E-state index is 11.7. The maximum Gasteiger partial charge on any atom is 0.422 e. The van der Waals surface area contributed by atoms with Crippen LogP contribution in [0.3, 0.4) is 0 Å². The standard InChI is InChI=1S/C9H12F3NO3/c10-9(11,12)4-15-8(14)13-6-3-5-1-2-7(6)16-5/h5-7H,1-4H2,(H,13,14). The lowest BCUT2D eigenvalue weighted by molar-refractivity contribution is -0.160. The Labute approximate surface area is 90.1 Å². The van der Waals surface area contributed by atoms with E-state index in [0.717, 1.165) is 12.8 Å². The Hall–Kier alpha value is -0.980. The number of alkyl carbamates (subject to hydrolysis) is 1. The minimum atomic E-state index is -4.48. The van der Waals surface area contributed by atoms with Crippen molar-refractivity contribution in [2.45, 2.75) is 43.7 Å². The predicted octanol–water partition coefficient (Wildman–Crippen LogP) is 1.59. The first kappa shape index (κ1) is 11.5. The number of fused-ring (bicyclic) bond motifs is 2. The van der Waals surface area contributed by atoms with Crippen molar-refractivity contribution in [3.8, 4) is 0 Å². The molecule has 1 N–H and O–H groups in total. The van der Waals surface area contributed by atoms with E-state index < -0.39 is 18.9 Å². The van der Waals surface area contributed by atoms with Crippen LogP contribution < -0.4 is 5.32 Å². The van der Waals surface area contributed by atoms with Crippen molar-refractivity contribution in [3.05, 3.63) is 0 Å². The molecule has 2 aliphatic rings. The molecule has 7 heteroatoms. The summed E-state index contributed by atoms with van der Waals surface area (Å²) in [5, 5.41) is 2.40. The summed E-state index contributed by atoms with van der Waals surface area (Å²) in [6.45, 7) is -1.56. The summed E-state index contributed by atoms with van der Waals surface area (Å²) in [5.74, 6) is 0. The van der Waals surface area contributed by atoms with Crippen LogP contribution in [-0.2, 0) is 9.47 Å². The number of carbonyl (C=O) groups excluding carboxylic acids is 1. The van der Waals surface area contributed by atoms with Crippen molar-refractivity contribution in [2.75, 3.05) is 6.61 Å². The third-order valence-electron chi connectivity index (χ3n) is 2.78. The largest absolute Gasteiger partial charge is 0.440 e. The van der Waals surface area contributed by atoms with E-state index in [2.05, 4.69) is 10.1 Å². The molecule has 2 rings (SSSR count). The van der Waals surface area contributed by atoms with Crippen LogP contribution in [0.2, 0.25) is 0 Å². The molecule has 2 bridgehead atoms. The van der Waals surface area contributed by atoms with Gasteiger partial charge in [0.05, 0.1) is 18.2 Å². The Morgan fingerprint density at radius 1 is 1.44 bits per heavy atom. The highest BCUT2D eigenvalue weighted by Crippen LogP contribution is 2.34. The summed E-state index contributed by atoms with van der Waals surface area (Å²) in [7, 11) is 0. The highest BCUT2D eigenvalue weighted by molar-refractivity contribution is 5.67. The van der Waals surface area contributed by atoms with Crippen LogP contribution in [0.15, 0.2) is 0 Å². The van der Waals surface area contributed by atoms with E-state index in [1.165, 1.54) is 0 Å². The van der Waals surface area contributed by atoms with E-state index in [1.54, 1.807) is 0 Å². The Kier molecular flexibility index (Phi) is 2.96. The zero-order valence-electron chi connectivity index (χ0n) is 8.42. The van der Waals surface area contributed by atoms with Gasteiger partial charge in [0.2, 0.25) is 0 Å². The summed E-state index contributed by atoms with van der Waals surface area (Å²) in [5.41, 5.74) is 0. The molecule has 0 aromatic rings. The lowest BCUT2D eigenvalue weighted by Crippen LogP contribution is -2.42. The average molecular weight is 239 g/mol. The Bertz CT molecular complexity index is 282. The molecular formula is C9H12F3NO3. The van der Waals surface area contributed by atoms with E-state index in [-0.39, 0.29) is 18.2 Å². The number of halogens is 3. The van der Waals surface area contributed by atoms with E-state index in [1.807, 2.05) is 0 Å². The van der Waals surface area contributed by atoms with Gasteiger partial charge in [-0.3, -0.25) is 0 Å². The molecule has 0 aliphatic carbocycles. The molecule has 2 aliphatic heterocycles. The Balaban J connectivity index is 1.72. The number of amides is 1. The van der Waals surface area contributed by atoms with Gasteiger partial charge in [-0.05, 0) is 19.3 Å². The Morgan fingerprint density at radius 3 is 2.69 bits per heavy atom. The van der Waals surface area contributed by atoms with Crippen LogP contribution >= 0.6 is 0 Å². The van der Waals surface area contributed by atoms with Crippen molar-refractivity contribution in [1.29, 1.82) is 0 Å². The fourth-order valence-electron chi connectivity index (χ4n) is 2.13. The minimum absolute atomic E-state index is 0.0663. The number of rotatable bonds is 2. The number of alkyl halides is 3. The van der Waals surface area contributed by atoms with E-state index in [9.17, 15) is 18.0 Å². The monoisotopic (exact) mass is 239 g/mol. The summed E-state index contributed by atoms with van der Waals surface area (Å²) in [4.78, 5) is 11.0. The molecule has 3 atom stereocenters. The van der Waals surface area contributed by atoms with Gasteiger partial charge < -0.3 is 14.8 Å². The summed E-state index contributed by atoms with van der Waals surface area (Å²) in [6.07, 6.45) is -2.98. The van der Waals surface area contributed by atoms with Gasteiger partial charge in [-0.2, -0.15) is 13.2 Å². The van der Waals surface area contributed by atoms with Gasteiger partial charge in [0, 0.05) is 0 Å². The van der Waals surface area contributed by atoms with Crippen molar-refractivity contribution in [2.24, 2.45) is 0 Å². The van der Waals surface area contributed by atoms with Gasteiger partial charge in [0.1, 0.15) is 0 Å². The van der Waals surface area contributed by atoms with Gasteiger partial charge in [-0.1, -0.05) is 0 Å². The van der Waals surface area contributed by atoms with Crippen molar-refractivity contribution in [1.82, 2.24) is 5.32 Å². The molecule has 2 heterocycles. The number of ether oxygens (including phenoxy) is 2. The van der Waals surface area contributed by atoms with Crippen LogP contribution in [-0.4, -0.2) is 37.1 Å². The zero-order chi connectivity index (χ0) is 11.8. The Morgan fingerprint density at radius 2 is 2.19 bits per heavy atom. The molecule has 16 heavy (non-hydrogen) atoms. The molecule has 3 unspecified atom stereocenters. The molecule has 0 aromatic heterocycles. The smallest absolute Gasteiger partial charge is 0.422 e. The second-order valence-electron chi connectivity index (χ2n) is 4.05. The van der Waals surface area contributed by atoms with Gasteiger partial charge in [-0.25, -0.2) is 4.79 Å². The lowest BCUT2D eigenvalue weighted by Gasteiger charge is -2.19. The van der Waals surface area contributed by atoms with Gasteiger partial charge in [0.25, 0.3) is 0 Å². The highest BCUT2D eigenvalue weighted by atomic mass is 19.4. The van der Waals surface area contributed by atoms with Crippen molar-refractivity contribution in [3.63, 3.8) is 0 Å². The first-order valence-electron chi connectivity index (χ1n) is 5.09. The van der Waals surface area contributed by atoms with Gasteiger partial charge in [-0.15, -0.1) is 0 Å². The zero-order valence-corrected chi connectivity index (χ0v) is 8.42. The van der Waals surface area contributed by atoms with Crippen LogP contribution in [0.1, 0.15) is 19.3 Å². The molecule has 0 spiro atoms. The number of nitrogens with one attached hydrogen (secondary N) is 1. The average Bonchev–Trinajstić information content (AvgIpc) is 2.75. The molecule has 0 saturated carbocycles. The molecule has 0 radical (unpaired) electrons. The molecule has 2 saturated heterocycles. The van der Waals surface area contributed by atoms with Crippen molar-refractivity contribution >= 4 is 6.09 Å². The summed E-state index contributed by atoms with van der Waals surface area (Å²) >= 11 is 0. The third kappa shape index (κ3) is 2.78. The minimum Gasteiger partial charge on any atom is -0.440 e. The van der Waals surface area contributed by atoms with Crippen molar-refractivity contribution < 1.29 is 27.4 Å². The van der Waals surface area contributed by atoms with E-state index >= 15 is 0 Å². The first-order chi connectivity index (χ1) is 7.44. The van der Waals surface area contributed by atoms with E-state index in [0.29, 0.717) is 6.42 Å². The second-order valence-corrected chi connectivity index (χ2v) is 4.05. The third-order valence-corrected chi connectivity index (χ3v) is 2.78. The van der Waals surface area contributed by atoms with Crippen LogP contribution in [0, 0.1) is 0 Å². The summed E-state index contributed by atoms with van der Waals surface area (Å²) in [6, 6.07) is -0.209. The molecule has 4 nitrogen and oxygen atoms in total.